The van der Waals surface area contributed by atoms with Gasteiger partial charge in [-0.2, -0.15) is 0 Å². The van der Waals surface area contributed by atoms with Crippen LogP contribution in [0.25, 0.3) is 0 Å². The van der Waals surface area contributed by atoms with Gasteiger partial charge >= 0.3 is 5.97 Å². The lowest BCUT2D eigenvalue weighted by Gasteiger charge is -2.36. The number of hydrogen-bond donors (Lipinski definition) is 1. The third-order valence-corrected chi connectivity index (χ3v) is 5.30. The minimum absolute atomic E-state index is 0.174. The van der Waals surface area contributed by atoms with Gasteiger partial charge in [-0.1, -0.05) is 26.0 Å². The van der Waals surface area contributed by atoms with Gasteiger partial charge in [-0.25, -0.2) is 0 Å². The van der Waals surface area contributed by atoms with E-state index in [1.807, 2.05) is 24.3 Å². The largest absolute Gasteiger partial charge is 0.481 e. The molecule has 7 heteroatoms. The number of carbonyl (C=O) groups excluding carboxylic acids is 2. The second kappa shape index (κ2) is 8.08. The van der Waals surface area contributed by atoms with Gasteiger partial charge in [0, 0.05) is 18.8 Å². The van der Waals surface area contributed by atoms with Crippen LogP contribution in [0.15, 0.2) is 24.3 Å². The van der Waals surface area contributed by atoms with Gasteiger partial charge in [-0.15, -0.1) is 0 Å². The number of hydrogen-bond acceptors (Lipinski definition) is 4. The third-order valence-electron chi connectivity index (χ3n) is 5.30. The van der Waals surface area contributed by atoms with Crippen LogP contribution >= 0.6 is 0 Å². The van der Waals surface area contributed by atoms with E-state index in [4.69, 9.17) is 9.84 Å². The third kappa shape index (κ3) is 4.13. The second-order valence-corrected chi connectivity index (χ2v) is 7.44. The molecule has 0 radical (unpaired) electrons. The van der Waals surface area contributed by atoms with Crippen LogP contribution in [0.1, 0.15) is 38.2 Å². The van der Waals surface area contributed by atoms with Crippen LogP contribution in [0.4, 0.5) is 5.69 Å². The van der Waals surface area contributed by atoms with E-state index in [1.54, 1.807) is 4.90 Å². The fourth-order valence-electron chi connectivity index (χ4n) is 3.72. The van der Waals surface area contributed by atoms with E-state index in [0.29, 0.717) is 32.0 Å². The standard InChI is InChI=1S/C20H26N2O5/c1-13(2)14-3-5-15(6-4-14)21-8-7-17(19(21)25)20(26)22-9-10-27-12-16(22)11-18(23)24/h3-6,13,16-17H,7-12H2,1-2H3,(H,23,24). The molecule has 1 aromatic carbocycles. The summed E-state index contributed by atoms with van der Waals surface area (Å²) in [6.45, 7) is 5.59. The topological polar surface area (TPSA) is 87.2 Å². The highest BCUT2D eigenvalue weighted by Crippen LogP contribution is 2.29. The number of morpholine rings is 1. The maximum absolute atomic E-state index is 13.0. The Morgan fingerprint density at radius 1 is 1.22 bits per heavy atom. The fraction of sp³-hybridized carbons (Fsp3) is 0.550. The molecule has 7 nitrogen and oxygen atoms in total. The Morgan fingerprint density at radius 2 is 1.93 bits per heavy atom. The number of aliphatic carboxylic acids is 1. The second-order valence-electron chi connectivity index (χ2n) is 7.44. The summed E-state index contributed by atoms with van der Waals surface area (Å²) in [6.07, 6.45) is 0.272. The predicted octanol–water partition coefficient (Wildman–Crippen LogP) is 1.86. The number of benzene rings is 1. The van der Waals surface area contributed by atoms with Crippen molar-refractivity contribution >= 4 is 23.5 Å². The Hall–Kier alpha value is -2.41. The number of carboxylic acids is 1. The van der Waals surface area contributed by atoms with Gasteiger partial charge in [-0.3, -0.25) is 14.4 Å². The van der Waals surface area contributed by atoms with Gasteiger partial charge in [-0.05, 0) is 30.0 Å². The number of amides is 2. The molecule has 0 bridgehead atoms. The average molecular weight is 374 g/mol. The number of anilines is 1. The zero-order valence-electron chi connectivity index (χ0n) is 15.8. The quantitative estimate of drug-likeness (QED) is 0.795. The highest BCUT2D eigenvalue weighted by atomic mass is 16.5. The Kier molecular flexibility index (Phi) is 5.79. The van der Waals surface area contributed by atoms with Crippen LogP contribution in [0.2, 0.25) is 0 Å². The van der Waals surface area contributed by atoms with Crippen molar-refractivity contribution in [2.45, 2.75) is 38.6 Å². The zero-order valence-corrected chi connectivity index (χ0v) is 15.8. The fourth-order valence-corrected chi connectivity index (χ4v) is 3.72. The molecule has 27 heavy (non-hydrogen) atoms. The number of carboxylic acid groups (broad SMARTS) is 1. The maximum atomic E-state index is 13.0. The molecule has 1 aromatic rings. The molecule has 3 rings (SSSR count). The predicted molar refractivity (Wildman–Crippen MR) is 99.6 cm³/mol. The molecule has 2 saturated heterocycles. The number of ether oxygens (including phenoxy) is 1. The number of rotatable bonds is 5. The van der Waals surface area contributed by atoms with Crippen molar-refractivity contribution in [3.05, 3.63) is 29.8 Å². The molecule has 146 valence electrons. The summed E-state index contributed by atoms with van der Waals surface area (Å²) < 4.78 is 5.32. The van der Waals surface area contributed by atoms with Crippen LogP contribution < -0.4 is 4.90 Å². The Morgan fingerprint density at radius 3 is 2.56 bits per heavy atom. The van der Waals surface area contributed by atoms with Gasteiger partial charge in [0.15, 0.2) is 0 Å². The average Bonchev–Trinajstić information content (AvgIpc) is 3.02. The van der Waals surface area contributed by atoms with Crippen molar-refractivity contribution in [1.82, 2.24) is 4.90 Å². The zero-order chi connectivity index (χ0) is 19.6. The Labute approximate surface area is 158 Å². The monoisotopic (exact) mass is 374 g/mol. The van der Waals surface area contributed by atoms with Crippen molar-refractivity contribution in [3.63, 3.8) is 0 Å². The van der Waals surface area contributed by atoms with Crippen molar-refractivity contribution in [3.8, 4) is 0 Å². The lowest BCUT2D eigenvalue weighted by molar-refractivity contribution is -0.150. The first-order valence-corrected chi connectivity index (χ1v) is 9.40. The van der Waals surface area contributed by atoms with Crippen molar-refractivity contribution in [2.24, 2.45) is 5.92 Å². The van der Waals surface area contributed by atoms with Gasteiger partial charge in [0.25, 0.3) is 0 Å². The summed E-state index contributed by atoms with van der Waals surface area (Å²) in [7, 11) is 0. The smallest absolute Gasteiger partial charge is 0.305 e. The maximum Gasteiger partial charge on any atom is 0.305 e. The molecule has 0 aliphatic carbocycles. The summed E-state index contributed by atoms with van der Waals surface area (Å²) in [5, 5.41) is 9.07. The minimum atomic E-state index is -0.979. The summed E-state index contributed by atoms with van der Waals surface area (Å²) in [5.74, 6) is -1.80. The minimum Gasteiger partial charge on any atom is -0.481 e. The molecule has 2 amide bonds. The lowest BCUT2D eigenvalue weighted by atomic mass is 10.0. The van der Waals surface area contributed by atoms with Gasteiger partial charge < -0.3 is 19.6 Å². The highest BCUT2D eigenvalue weighted by Gasteiger charge is 2.42. The number of nitrogens with zero attached hydrogens (tertiary/aromatic N) is 2. The SMILES string of the molecule is CC(C)c1ccc(N2CCC(C(=O)N3CCOCC3CC(=O)O)C2=O)cc1. The Bertz CT molecular complexity index is 716. The molecule has 2 aliphatic rings. The van der Waals surface area contributed by atoms with E-state index < -0.39 is 17.9 Å². The van der Waals surface area contributed by atoms with Crippen molar-refractivity contribution in [2.75, 3.05) is 31.2 Å². The molecule has 0 saturated carbocycles. The molecule has 0 aromatic heterocycles. The Balaban J connectivity index is 1.71. The van der Waals surface area contributed by atoms with Crippen LogP contribution in [-0.2, 0) is 19.1 Å². The summed E-state index contributed by atoms with van der Waals surface area (Å²) in [6, 6.07) is 7.33. The molecule has 0 spiro atoms. The van der Waals surface area contributed by atoms with Gasteiger partial charge in [0.2, 0.25) is 11.8 Å². The molecular weight excluding hydrogens is 348 g/mol. The van der Waals surface area contributed by atoms with E-state index in [2.05, 4.69) is 13.8 Å². The van der Waals surface area contributed by atoms with E-state index in [1.165, 1.54) is 10.5 Å². The lowest BCUT2D eigenvalue weighted by Crippen LogP contribution is -2.52. The highest BCUT2D eigenvalue weighted by molar-refractivity contribution is 6.09. The summed E-state index contributed by atoms with van der Waals surface area (Å²) in [4.78, 5) is 40.1. The summed E-state index contributed by atoms with van der Waals surface area (Å²) in [5.41, 5.74) is 1.99. The number of carbonyl (C=O) groups is 3. The first kappa shape index (κ1) is 19.4. The first-order valence-electron chi connectivity index (χ1n) is 9.40. The van der Waals surface area contributed by atoms with Crippen molar-refractivity contribution in [1.29, 1.82) is 0 Å². The van der Waals surface area contributed by atoms with Crippen LogP contribution in [0, 0.1) is 5.92 Å². The molecule has 2 atom stereocenters. The first-order chi connectivity index (χ1) is 12.9. The van der Waals surface area contributed by atoms with Crippen LogP contribution in [0.3, 0.4) is 0 Å². The van der Waals surface area contributed by atoms with Crippen LogP contribution in [0.5, 0.6) is 0 Å². The molecule has 2 aliphatic heterocycles. The van der Waals surface area contributed by atoms with E-state index in [-0.39, 0.29) is 24.8 Å². The van der Waals surface area contributed by atoms with E-state index >= 15 is 0 Å². The van der Waals surface area contributed by atoms with Gasteiger partial charge in [0.1, 0.15) is 5.92 Å². The molecule has 2 heterocycles. The summed E-state index contributed by atoms with van der Waals surface area (Å²) >= 11 is 0. The molecule has 2 unspecified atom stereocenters. The molecular formula is C20H26N2O5. The van der Waals surface area contributed by atoms with Crippen LogP contribution in [-0.4, -0.2) is 60.1 Å². The van der Waals surface area contributed by atoms with E-state index in [9.17, 15) is 14.4 Å². The van der Waals surface area contributed by atoms with Crippen molar-refractivity contribution < 1.29 is 24.2 Å². The molecule has 1 N–H and O–H groups in total. The molecule has 2 fully saturated rings. The van der Waals surface area contributed by atoms with Gasteiger partial charge in [0.05, 0.1) is 25.7 Å². The van der Waals surface area contributed by atoms with E-state index in [0.717, 1.165) is 5.69 Å². The normalized spacial score (nSPS) is 23.1.